The summed E-state index contributed by atoms with van der Waals surface area (Å²) in [6, 6.07) is 10.9. The van der Waals surface area contributed by atoms with Gasteiger partial charge in [-0.2, -0.15) is 0 Å². The van der Waals surface area contributed by atoms with Gasteiger partial charge in [0.25, 0.3) is 0 Å². The summed E-state index contributed by atoms with van der Waals surface area (Å²) >= 11 is 0. The predicted octanol–water partition coefficient (Wildman–Crippen LogP) is 2.05. The molecule has 0 radical (unpaired) electrons. The number of carbonyl (C=O) groups excluding carboxylic acids is 1. The first-order valence-corrected chi connectivity index (χ1v) is 4.84. The molecule has 0 saturated carbocycles. The number of nitrogens with two attached hydrogens (primary N) is 1. The Labute approximate surface area is 93.0 Å². The molecular formula is C12H12N2O2. The summed E-state index contributed by atoms with van der Waals surface area (Å²) in [6.07, 6.45) is 0. The highest BCUT2D eigenvalue weighted by Gasteiger charge is 2.08. The summed E-state index contributed by atoms with van der Waals surface area (Å²) in [5, 5.41) is 0. The van der Waals surface area contributed by atoms with Gasteiger partial charge in [0.1, 0.15) is 5.69 Å². The molecule has 0 unspecified atom stereocenters. The van der Waals surface area contributed by atoms with E-state index >= 15 is 0 Å². The van der Waals surface area contributed by atoms with E-state index in [0.29, 0.717) is 11.4 Å². The number of H-pyrrole nitrogens is 1. The van der Waals surface area contributed by atoms with E-state index in [-0.39, 0.29) is 5.97 Å². The van der Waals surface area contributed by atoms with E-state index in [1.54, 1.807) is 6.07 Å². The lowest BCUT2D eigenvalue weighted by atomic mass is 10.1. The minimum absolute atomic E-state index is 0.373. The van der Waals surface area contributed by atoms with Crippen molar-refractivity contribution < 1.29 is 9.53 Å². The average molecular weight is 216 g/mol. The molecule has 0 amide bonds. The van der Waals surface area contributed by atoms with Crippen LogP contribution >= 0.6 is 0 Å². The highest BCUT2D eigenvalue weighted by atomic mass is 16.5. The quantitative estimate of drug-likeness (QED) is 0.596. The number of methoxy groups -OCH3 is 1. The summed E-state index contributed by atoms with van der Waals surface area (Å²) in [7, 11) is 1.35. The molecule has 0 bridgehead atoms. The summed E-state index contributed by atoms with van der Waals surface area (Å²) < 4.78 is 4.61. The van der Waals surface area contributed by atoms with E-state index in [0.717, 1.165) is 11.3 Å². The largest absolute Gasteiger partial charge is 0.464 e. The number of aromatic nitrogens is 1. The first-order chi connectivity index (χ1) is 7.70. The van der Waals surface area contributed by atoms with Gasteiger partial charge in [0.15, 0.2) is 0 Å². The summed E-state index contributed by atoms with van der Waals surface area (Å²) in [5.74, 6) is -0.373. The highest BCUT2D eigenvalue weighted by Crippen LogP contribution is 2.19. The number of rotatable bonds is 2. The Kier molecular flexibility index (Phi) is 2.64. The van der Waals surface area contributed by atoms with Crippen LogP contribution in [0.2, 0.25) is 0 Å². The number of ether oxygens (including phenoxy) is 1. The molecule has 1 aromatic carbocycles. The van der Waals surface area contributed by atoms with Gasteiger partial charge in [0.2, 0.25) is 0 Å². The monoisotopic (exact) mass is 216 g/mol. The Balaban J connectivity index is 2.31. The van der Waals surface area contributed by atoms with Crippen molar-refractivity contribution in [3.8, 4) is 11.3 Å². The Morgan fingerprint density at radius 3 is 2.50 bits per heavy atom. The molecule has 2 rings (SSSR count). The molecule has 0 fully saturated rings. The van der Waals surface area contributed by atoms with Crippen LogP contribution in [0, 0.1) is 0 Å². The molecule has 0 atom stereocenters. The minimum Gasteiger partial charge on any atom is -0.464 e. The maximum absolute atomic E-state index is 11.2. The highest BCUT2D eigenvalue weighted by molar-refractivity contribution is 5.88. The van der Waals surface area contributed by atoms with Crippen LogP contribution in [0.5, 0.6) is 0 Å². The molecule has 0 aliphatic rings. The third-order valence-corrected chi connectivity index (χ3v) is 2.31. The molecule has 0 spiro atoms. The van der Waals surface area contributed by atoms with Crippen LogP contribution in [0.25, 0.3) is 11.3 Å². The van der Waals surface area contributed by atoms with E-state index in [9.17, 15) is 4.79 Å². The van der Waals surface area contributed by atoms with E-state index in [4.69, 9.17) is 5.73 Å². The van der Waals surface area contributed by atoms with E-state index < -0.39 is 0 Å². The Morgan fingerprint density at radius 1 is 1.19 bits per heavy atom. The van der Waals surface area contributed by atoms with Gasteiger partial charge in [-0.1, -0.05) is 12.1 Å². The lowest BCUT2D eigenvalue weighted by molar-refractivity contribution is 0.0595. The molecule has 0 aliphatic carbocycles. The normalized spacial score (nSPS) is 10.1. The van der Waals surface area contributed by atoms with Crippen LogP contribution in [-0.4, -0.2) is 18.1 Å². The first kappa shape index (κ1) is 10.3. The summed E-state index contributed by atoms with van der Waals surface area (Å²) in [6.45, 7) is 0. The number of nitrogens with one attached hydrogen (secondary N) is 1. The average Bonchev–Trinajstić information content (AvgIpc) is 2.78. The number of esters is 1. The lowest BCUT2D eigenvalue weighted by Gasteiger charge is -1.99. The second kappa shape index (κ2) is 4.10. The van der Waals surface area contributed by atoms with Crippen molar-refractivity contribution in [1.82, 2.24) is 4.98 Å². The van der Waals surface area contributed by atoms with Crippen molar-refractivity contribution in [2.75, 3.05) is 12.8 Å². The smallest absolute Gasteiger partial charge is 0.354 e. The lowest BCUT2D eigenvalue weighted by Crippen LogP contribution is -2.00. The van der Waals surface area contributed by atoms with Crippen LogP contribution in [0.4, 0.5) is 5.69 Å². The number of hydrogen-bond donors (Lipinski definition) is 2. The van der Waals surface area contributed by atoms with Crippen molar-refractivity contribution in [2.45, 2.75) is 0 Å². The SMILES string of the molecule is COC(=O)c1ccc(-c2ccc(N)cc2)[nH]1. The van der Waals surface area contributed by atoms with Gasteiger partial charge in [-0.25, -0.2) is 4.79 Å². The van der Waals surface area contributed by atoms with Gasteiger partial charge in [0, 0.05) is 11.4 Å². The van der Waals surface area contributed by atoms with E-state index in [1.807, 2.05) is 30.3 Å². The summed E-state index contributed by atoms with van der Waals surface area (Å²) in [5.41, 5.74) is 8.58. The zero-order valence-corrected chi connectivity index (χ0v) is 8.86. The van der Waals surface area contributed by atoms with Crippen LogP contribution < -0.4 is 5.73 Å². The van der Waals surface area contributed by atoms with Gasteiger partial charge >= 0.3 is 5.97 Å². The van der Waals surface area contributed by atoms with Crippen LogP contribution in [0.1, 0.15) is 10.5 Å². The third-order valence-electron chi connectivity index (χ3n) is 2.31. The zero-order chi connectivity index (χ0) is 11.5. The molecule has 16 heavy (non-hydrogen) atoms. The fourth-order valence-corrected chi connectivity index (χ4v) is 1.46. The van der Waals surface area contributed by atoms with Gasteiger partial charge in [-0.15, -0.1) is 0 Å². The number of anilines is 1. The molecule has 82 valence electrons. The molecule has 2 aromatic rings. The molecule has 1 heterocycles. The number of aromatic amines is 1. The molecule has 3 N–H and O–H groups in total. The maximum atomic E-state index is 11.2. The summed E-state index contributed by atoms with van der Waals surface area (Å²) in [4.78, 5) is 14.2. The van der Waals surface area contributed by atoms with Gasteiger partial charge in [0.05, 0.1) is 7.11 Å². The number of benzene rings is 1. The molecule has 0 saturated heterocycles. The molecule has 1 aromatic heterocycles. The maximum Gasteiger partial charge on any atom is 0.354 e. The molecule has 0 aliphatic heterocycles. The molecule has 4 heteroatoms. The van der Waals surface area contributed by atoms with Crippen LogP contribution in [-0.2, 0) is 4.74 Å². The van der Waals surface area contributed by atoms with E-state index in [2.05, 4.69) is 9.72 Å². The Hall–Kier alpha value is -2.23. The second-order valence-electron chi connectivity index (χ2n) is 3.40. The van der Waals surface area contributed by atoms with E-state index in [1.165, 1.54) is 7.11 Å². The van der Waals surface area contributed by atoms with Gasteiger partial charge in [-0.05, 0) is 29.8 Å². The Bertz CT molecular complexity index is 500. The van der Waals surface area contributed by atoms with Crippen molar-refractivity contribution in [3.63, 3.8) is 0 Å². The fraction of sp³-hybridized carbons (Fsp3) is 0.0833. The van der Waals surface area contributed by atoms with Crippen molar-refractivity contribution in [3.05, 3.63) is 42.1 Å². The number of nitrogen functional groups attached to an aromatic ring is 1. The topological polar surface area (TPSA) is 68.1 Å². The molecular weight excluding hydrogens is 204 g/mol. The standard InChI is InChI=1S/C12H12N2O2/c1-16-12(15)11-7-6-10(14-11)8-2-4-9(13)5-3-8/h2-7,14H,13H2,1H3. The zero-order valence-electron chi connectivity index (χ0n) is 8.86. The van der Waals surface area contributed by atoms with Crippen LogP contribution in [0.15, 0.2) is 36.4 Å². The fourth-order valence-electron chi connectivity index (χ4n) is 1.46. The Morgan fingerprint density at radius 2 is 1.88 bits per heavy atom. The number of carbonyl (C=O) groups is 1. The van der Waals surface area contributed by atoms with Crippen molar-refractivity contribution in [1.29, 1.82) is 0 Å². The van der Waals surface area contributed by atoms with Gasteiger partial charge in [-0.3, -0.25) is 0 Å². The minimum atomic E-state index is -0.373. The third kappa shape index (κ3) is 1.91. The van der Waals surface area contributed by atoms with Gasteiger partial charge < -0.3 is 15.5 Å². The molecule has 4 nitrogen and oxygen atoms in total. The van der Waals surface area contributed by atoms with Crippen LogP contribution in [0.3, 0.4) is 0 Å². The first-order valence-electron chi connectivity index (χ1n) is 4.84. The van der Waals surface area contributed by atoms with Crippen molar-refractivity contribution >= 4 is 11.7 Å². The van der Waals surface area contributed by atoms with Crippen molar-refractivity contribution in [2.24, 2.45) is 0 Å². The predicted molar refractivity (Wildman–Crippen MR) is 62.0 cm³/mol. The second-order valence-corrected chi connectivity index (χ2v) is 3.40. The number of hydrogen-bond acceptors (Lipinski definition) is 3.